The van der Waals surface area contributed by atoms with Gasteiger partial charge >= 0.3 is 0 Å². The fourth-order valence-electron chi connectivity index (χ4n) is 3.57. The largest absolute Gasteiger partial charge is 0.491 e. The SMILES string of the molecule is CCCCCC1CCC(c2ccc(OCCC)c(F)c2)CC1. The van der Waals surface area contributed by atoms with E-state index in [1.54, 1.807) is 6.07 Å². The van der Waals surface area contributed by atoms with Crippen molar-refractivity contribution in [1.29, 1.82) is 0 Å². The molecule has 22 heavy (non-hydrogen) atoms. The third-order valence-corrected chi connectivity index (χ3v) is 4.95. The fourth-order valence-corrected chi connectivity index (χ4v) is 3.57. The molecule has 0 N–H and O–H groups in total. The number of unbranched alkanes of at least 4 members (excludes halogenated alkanes) is 2. The molecule has 1 aliphatic carbocycles. The summed E-state index contributed by atoms with van der Waals surface area (Å²) in [6.45, 7) is 4.88. The molecule has 0 saturated heterocycles. The van der Waals surface area contributed by atoms with E-state index in [0.717, 1.165) is 17.9 Å². The van der Waals surface area contributed by atoms with Crippen LogP contribution in [0.5, 0.6) is 5.75 Å². The van der Waals surface area contributed by atoms with Gasteiger partial charge in [0.15, 0.2) is 11.6 Å². The maximum Gasteiger partial charge on any atom is 0.165 e. The Balaban J connectivity index is 1.84. The maximum absolute atomic E-state index is 14.1. The molecule has 0 radical (unpaired) electrons. The molecule has 1 aromatic rings. The summed E-state index contributed by atoms with van der Waals surface area (Å²) in [5, 5.41) is 0. The van der Waals surface area contributed by atoms with Crippen LogP contribution in [-0.4, -0.2) is 6.61 Å². The summed E-state index contributed by atoms with van der Waals surface area (Å²) < 4.78 is 19.5. The Morgan fingerprint density at radius 2 is 1.82 bits per heavy atom. The average molecular weight is 306 g/mol. The normalized spacial score (nSPS) is 21.8. The minimum atomic E-state index is -0.198. The third-order valence-electron chi connectivity index (χ3n) is 4.95. The van der Waals surface area contributed by atoms with Gasteiger partial charge in [-0.1, -0.05) is 45.6 Å². The highest BCUT2D eigenvalue weighted by Crippen LogP contribution is 2.38. The first kappa shape index (κ1) is 17.3. The first-order chi connectivity index (χ1) is 10.7. The summed E-state index contributed by atoms with van der Waals surface area (Å²) in [6.07, 6.45) is 11.4. The molecule has 1 saturated carbocycles. The van der Waals surface area contributed by atoms with Gasteiger partial charge in [-0.3, -0.25) is 0 Å². The number of halogens is 1. The van der Waals surface area contributed by atoms with Crippen molar-refractivity contribution in [3.63, 3.8) is 0 Å². The van der Waals surface area contributed by atoms with E-state index in [9.17, 15) is 4.39 Å². The first-order valence-electron chi connectivity index (χ1n) is 9.16. The summed E-state index contributed by atoms with van der Waals surface area (Å²) in [5.41, 5.74) is 1.16. The predicted octanol–water partition coefficient (Wildman–Crippen LogP) is 6.47. The van der Waals surface area contributed by atoms with Crippen LogP contribution in [0.15, 0.2) is 18.2 Å². The fraction of sp³-hybridized carbons (Fsp3) is 0.700. The van der Waals surface area contributed by atoms with Gasteiger partial charge in [-0.25, -0.2) is 4.39 Å². The lowest BCUT2D eigenvalue weighted by Gasteiger charge is -2.29. The van der Waals surface area contributed by atoms with E-state index in [0.29, 0.717) is 18.3 Å². The molecule has 0 amide bonds. The number of hydrogen-bond donors (Lipinski definition) is 0. The van der Waals surface area contributed by atoms with Gasteiger partial charge in [0, 0.05) is 0 Å². The van der Waals surface area contributed by atoms with Gasteiger partial charge in [-0.05, 0) is 61.6 Å². The predicted molar refractivity (Wildman–Crippen MR) is 91.0 cm³/mol. The van der Waals surface area contributed by atoms with Crippen molar-refractivity contribution in [2.24, 2.45) is 5.92 Å². The zero-order valence-corrected chi connectivity index (χ0v) is 14.2. The Morgan fingerprint density at radius 1 is 1.05 bits per heavy atom. The second-order valence-electron chi connectivity index (χ2n) is 6.75. The molecule has 124 valence electrons. The van der Waals surface area contributed by atoms with Gasteiger partial charge in [-0.15, -0.1) is 0 Å². The molecule has 1 fully saturated rings. The quantitative estimate of drug-likeness (QED) is 0.500. The summed E-state index contributed by atoms with van der Waals surface area (Å²) in [6, 6.07) is 5.58. The molecular formula is C20H31FO. The van der Waals surface area contributed by atoms with Gasteiger partial charge < -0.3 is 4.74 Å². The summed E-state index contributed by atoms with van der Waals surface area (Å²) in [5.74, 6) is 1.65. The molecule has 0 aromatic heterocycles. The molecule has 1 nitrogen and oxygen atoms in total. The third kappa shape index (κ3) is 5.00. The van der Waals surface area contributed by atoms with Crippen molar-refractivity contribution in [2.45, 2.75) is 77.6 Å². The lowest BCUT2D eigenvalue weighted by atomic mass is 9.77. The van der Waals surface area contributed by atoms with Gasteiger partial charge in [0.25, 0.3) is 0 Å². The van der Waals surface area contributed by atoms with Crippen LogP contribution in [0, 0.1) is 11.7 Å². The summed E-state index contributed by atoms with van der Waals surface area (Å²) >= 11 is 0. The van der Waals surface area contributed by atoms with Crippen LogP contribution in [0.3, 0.4) is 0 Å². The Morgan fingerprint density at radius 3 is 2.45 bits per heavy atom. The maximum atomic E-state index is 14.1. The lowest BCUT2D eigenvalue weighted by Crippen LogP contribution is -2.13. The topological polar surface area (TPSA) is 9.23 Å². The molecule has 2 heteroatoms. The Hall–Kier alpha value is -1.05. The van der Waals surface area contributed by atoms with Gasteiger partial charge in [0.2, 0.25) is 0 Å². The minimum Gasteiger partial charge on any atom is -0.491 e. The second-order valence-corrected chi connectivity index (χ2v) is 6.75. The van der Waals surface area contributed by atoms with Gasteiger partial charge in [-0.2, -0.15) is 0 Å². The Kier molecular flexibility index (Phi) is 7.21. The van der Waals surface area contributed by atoms with Crippen LogP contribution in [0.2, 0.25) is 0 Å². The van der Waals surface area contributed by atoms with Crippen molar-refractivity contribution >= 4 is 0 Å². The molecule has 1 aromatic carbocycles. The van der Waals surface area contributed by atoms with E-state index in [1.165, 1.54) is 51.4 Å². The standard InChI is InChI=1S/C20H31FO/c1-3-5-6-7-16-8-10-17(11-9-16)18-12-13-20(19(21)15-18)22-14-4-2/h12-13,15-17H,3-11,14H2,1-2H3. The lowest BCUT2D eigenvalue weighted by molar-refractivity contribution is 0.296. The molecule has 0 spiro atoms. The molecule has 0 aliphatic heterocycles. The molecule has 1 aliphatic rings. The number of benzene rings is 1. The van der Waals surface area contributed by atoms with Crippen molar-refractivity contribution in [3.05, 3.63) is 29.6 Å². The molecular weight excluding hydrogens is 275 g/mol. The van der Waals surface area contributed by atoms with Crippen LogP contribution < -0.4 is 4.74 Å². The highest BCUT2D eigenvalue weighted by atomic mass is 19.1. The van der Waals surface area contributed by atoms with Crippen molar-refractivity contribution in [3.8, 4) is 5.75 Å². The highest BCUT2D eigenvalue weighted by molar-refractivity contribution is 5.31. The molecule has 0 heterocycles. The summed E-state index contributed by atoms with van der Waals surface area (Å²) in [4.78, 5) is 0. The van der Waals surface area contributed by atoms with E-state index in [1.807, 2.05) is 13.0 Å². The van der Waals surface area contributed by atoms with E-state index in [2.05, 4.69) is 13.0 Å². The monoisotopic (exact) mass is 306 g/mol. The zero-order valence-electron chi connectivity index (χ0n) is 14.2. The molecule has 0 unspecified atom stereocenters. The molecule has 2 rings (SSSR count). The summed E-state index contributed by atoms with van der Waals surface area (Å²) in [7, 11) is 0. The van der Waals surface area contributed by atoms with Crippen LogP contribution in [-0.2, 0) is 0 Å². The van der Waals surface area contributed by atoms with Crippen molar-refractivity contribution in [1.82, 2.24) is 0 Å². The molecule has 0 atom stereocenters. The van der Waals surface area contributed by atoms with E-state index >= 15 is 0 Å². The first-order valence-corrected chi connectivity index (χ1v) is 9.16. The Labute approximate surface area is 135 Å². The Bertz CT molecular complexity index is 435. The van der Waals surface area contributed by atoms with E-state index < -0.39 is 0 Å². The number of rotatable bonds is 8. The minimum absolute atomic E-state index is 0.198. The van der Waals surface area contributed by atoms with E-state index in [-0.39, 0.29) is 5.82 Å². The van der Waals surface area contributed by atoms with Gasteiger partial charge in [0.1, 0.15) is 0 Å². The number of ether oxygens (including phenoxy) is 1. The van der Waals surface area contributed by atoms with Crippen LogP contribution in [0.4, 0.5) is 4.39 Å². The highest BCUT2D eigenvalue weighted by Gasteiger charge is 2.22. The van der Waals surface area contributed by atoms with Crippen LogP contribution in [0.25, 0.3) is 0 Å². The number of hydrogen-bond acceptors (Lipinski definition) is 1. The smallest absolute Gasteiger partial charge is 0.165 e. The average Bonchev–Trinajstić information content (AvgIpc) is 2.54. The van der Waals surface area contributed by atoms with Crippen LogP contribution in [0.1, 0.15) is 83.1 Å². The second kappa shape index (κ2) is 9.17. The van der Waals surface area contributed by atoms with Crippen LogP contribution >= 0.6 is 0 Å². The van der Waals surface area contributed by atoms with E-state index in [4.69, 9.17) is 4.74 Å². The zero-order chi connectivity index (χ0) is 15.8. The van der Waals surface area contributed by atoms with Crippen molar-refractivity contribution < 1.29 is 9.13 Å². The van der Waals surface area contributed by atoms with Gasteiger partial charge in [0.05, 0.1) is 6.61 Å². The van der Waals surface area contributed by atoms with Crippen molar-refractivity contribution in [2.75, 3.05) is 6.61 Å². The molecule has 0 bridgehead atoms.